The van der Waals surface area contributed by atoms with Gasteiger partial charge in [-0.25, -0.2) is 4.39 Å². The first-order chi connectivity index (χ1) is 11.6. The second-order valence-electron chi connectivity index (χ2n) is 5.79. The van der Waals surface area contributed by atoms with Gasteiger partial charge in [-0.05, 0) is 42.4 Å². The maximum absolute atomic E-state index is 13.8. The molecule has 0 radical (unpaired) electrons. The molecule has 0 aliphatic carbocycles. The van der Waals surface area contributed by atoms with E-state index in [4.69, 9.17) is 4.74 Å². The van der Waals surface area contributed by atoms with Crippen molar-refractivity contribution in [2.45, 2.75) is 13.1 Å². The van der Waals surface area contributed by atoms with Crippen molar-refractivity contribution in [2.75, 3.05) is 14.2 Å². The molecule has 1 N–H and O–H groups in total. The number of hydrogen-bond acceptors (Lipinski definition) is 4. The third kappa shape index (κ3) is 3.31. The van der Waals surface area contributed by atoms with E-state index in [1.165, 1.54) is 13.2 Å². The standard InChI is InChI=1S/C19H19FN2O2/c1-22(11-13-9-16(20)19(23)18(10-13)24-2)12-14-5-3-7-17-15(14)6-4-8-21-17/h3-10,23H,11-12H2,1-2H3. The molecule has 0 aliphatic rings. The van der Waals surface area contributed by atoms with E-state index in [0.29, 0.717) is 13.1 Å². The van der Waals surface area contributed by atoms with Gasteiger partial charge in [-0.15, -0.1) is 0 Å². The topological polar surface area (TPSA) is 45.6 Å². The largest absolute Gasteiger partial charge is 0.502 e. The first kappa shape index (κ1) is 16.2. The van der Waals surface area contributed by atoms with E-state index in [2.05, 4.69) is 22.0 Å². The highest BCUT2D eigenvalue weighted by molar-refractivity contribution is 5.81. The molecule has 0 saturated heterocycles. The lowest BCUT2D eigenvalue weighted by molar-refractivity contribution is 0.316. The van der Waals surface area contributed by atoms with Crippen molar-refractivity contribution in [3.63, 3.8) is 0 Å². The second-order valence-corrected chi connectivity index (χ2v) is 5.79. The van der Waals surface area contributed by atoms with E-state index in [0.717, 1.165) is 22.0 Å². The number of phenolic OH excluding ortho intramolecular Hbond substituents is 1. The summed E-state index contributed by atoms with van der Waals surface area (Å²) in [4.78, 5) is 6.44. The number of nitrogens with zero attached hydrogens (tertiary/aromatic N) is 2. The van der Waals surface area contributed by atoms with Crippen molar-refractivity contribution in [3.8, 4) is 11.5 Å². The Morgan fingerprint density at radius 1 is 1.17 bits per heavy atom. The molecule has 0 atom stereocenters. The molecule has 5 heteroatoms. The highest BCUT2D eigenvalue weighted by Gasteiger charge is 2.12. The summed E-state index contributed by atoms with van der Waals surface area (Å²) in [6.45, 7) is 1.23. The van der Waals surface area contributed by atoms with Crippen molar-refractivity contribution >= 4 is 10.9 Å². The molecule has 124 valence electrons. The Hall–Kier alpha value is -2.66. The summed E-state index contributed by atoms with van der Waals surface area (Å²) < 4.78 is 18.8. The van der Waals surface area contributed by atoms with Gasteiger partial charge in [-0.3, -0.25) is 9.88 Å². The number of phenols is 1. The predicted octanol–water partition coefficient (Wildman–Crippen LogP) is 3.72. The first-order valence-corrected chi connectivity index (χ1v) is 7.65. The van der Waals surface area contributed by atoms with Crippen LogP contribution in [0, 0.1) is 5.82 Å². The van der Waals surface area contributed by atoms with E-state index in [1.54, 1.807) is 12.3 Å². The van der Waals surface area contributed by atoms with Gasteiger partial charge in [0.15, 0.2) is 17.3 Å². The number of aromatic hydroxyl groups is 1. The van der Waals surface area contributed by atoms with Crippen molar-refractivity contribution < 1.29 is 14.2 Å². The van der Waals surface area contributed by atoms with Crippen molar-refractivity contribution in [2.24, 2.45) is 0 Å². The molecule has 0 amide bonds. The van der Waals surface area contributed by atoms with Crippen LogP contribution in [0.1, 0.15) is 11.1 Å². The number of hydrogen-bond donors (Lipinski definition) is 1. The van der Waals surface area contributed by atoms with Crippen LogP contribution >= 0.6 is 0 Å². The fraction of sp³-hybridized carbons (Fsp3) is 0.211. The van der Waals surface area contributed by atoms with Gasteiger partial charge in [0, 0.05) is 24.7 Å². The number of rotatable bonds is 5. The maximum atomic E-state index is 13.8. The summed E-state index contributed by atoms with van der Waals surface area (Å²) in [6, 6.07) is 13.0. The highest BCUT2D eigenvalue weighted by atomic mass is 19.1. The summed E-state index contributed by atoms with van der Waals surface area (Å²) in [5, 5.41) is 10.7. The van der Waals surface area contributed by atoms with Crippen LogP contribution in [-0.2, 0) is 13.1 Å². The predicted molar refractivity (Wildman–Crippen MR) is 91.5 cm³/mol. The number of benzene rings is 2. The van der Waals surface area contributed by atoms with Crippen LogP contribution in [0.15, 0.2) is 48.7 Å². The molecule has 0 unspecified atom stereocenters. The molecular formula is C19H19FN2O2. The lowest BCUT2D eigenvalue weighted by atomic mass is 10.1. The molecule has 0 fully saturated rings. The van der Waals surface area contributed by atoms with Gasteiger partial charge in [0.2, 0.25) is 0 Å². The maximum Gasteiger partial charge on any atom is 0.194 e. The smallest absolute Gasteiger partial charge is 0.194 e. The first-order valence-electron chi connectivity index (χ1n) is 7.65. The number of ether oxygens (including phenoxy) is 1. The fourth-order valence-corrected chi connectivity index (χ4v) is 2.84. The average molecular weight is 326 g/mol. The molecule has 1 heterocycles. The minimum atomic E-state index is -0.674. The Morgan fingerprint density at radius 3 is 2.79 bits per heavy atom. The number of aromatic nitrogens is 1. The SMILES string of the molecule is COc1cc(CN(C)Cc2cccc3ncccc23)cc(F)c1O. The molecule has 24 heavy (non-hydrogen) atoms. The summed E-state index contributed by atoms with van der Waals surface area (Å²) >= 11 is 0. The third-order valence-corrected chi connectivity index (χ3v) is 3.94. The van der Waals surface area contributed by atoms with Crippen LogP contribution in [0.4, 0.5) is 4.39 Å². The molecule has 3 rings (SSSR count). The Kier molecular flexibility index (Phi) is 4.62. The summed E-state index contributed by atoms with van der Waals surface area (Å²) in [7, 11) is 3.37. The van der Waals surface area contributed by atoms with Crippen LogP contribution in [0.2, 0.25) is 0 Å². The molecule has 0 spiro atoms. The van der Waals surface area contributed by atoms with Gasteiger partial charge in [-0.1, -0.05) is 18.2 Å². The second kappa shape index (κ2) is 6.84. The van der Waals surface area contributed by atoms with Crippen molar-refractivity contribution in [3.05, 3.63) is 65.6 Å². The van der Waals surface area contributed by atoms with E-state index in [9.17, 15) is 9.50 Å². The number of methoxy groups -OCH3 is 1. The van der Waals surface area contributed by atoms with Crippen molar-refractivity contribution in [1.82, 2.24) is 9.88 Å². The number of fused-ring (bicyclic) bond motifs is 1. The Bertz CT molecular complexity index is 862. The zero-order valence-corrected chi connectivity index (χ0v) is 13.7. The summed E-state index contributed by atoms with van der Waals surface area (Å²) in [5.74, 6) is -0.982. The van der Waals surface area contributed by atoms with Gasteiger partial charge < -0.3 is 9.84 Å². The Morgan fingerprint density at radius 2 is 2.00 bits per heavy atom. The van der Waals surface area contributed by atoms with Crippen LogP contribution in [0.25, 0.3) is 10.9 Å². The number of halogens is 1. The van der Waals surface area contributed by atoms with Crippen LogP contribution in [0.5, 0.6) is 11.5 Å². The van der Waals surface area contributed by atoms with Crippen molar-refractivity contribution in [1.29, 1.82) is 0 Å². The van der Waals surface area contributed by atoms with Gasteiger partial charge in [0.1, 0.15) is 0 Å². The zero-order valence-electron chi connectivity index (χ0n) is 13.7. The molecule has 1 aromatic heterocycles. The highest BCUT2D eigenvalue weighted by Crippen LogP contribution is 2.30. The zero-order chi connectivity index (χ0) is 17.1. The lowest BCUT2D eigenvalue weighted by Gasteiger charge is -2.18. The molecule has 3 aromatic rings. The van der Waals surface area contributed by atoms with Crippen LogP contribution in [-0.4, -0.2) is 29.1 Å². The monoisotopic (exact) mass is 326 g/mol. The quantitative estimate of drug-likeness (QED) is 0.776. The van der Waals surface area contributed by atoms with Gasteiger partial charge >= 0.3 is 0 Å². The summed E-state index contributed by atoms with van der Waals surface area (Å²) in [6.07, 6.45) is 1.78. The van der Waals surface area contributed by atoms with Crippen LogP contribution in [0.3, 0.4) is 0 Å². The van der Waals surface area contributed by atoms with Gasteiger partial charge in [0.05, 0.1) is 12.6 Å². The van der Waals surface area contributed by atoms with E-state index in [-0.39, 0.29) is 5.75 Å². The van der Waals surface area contributed by atoms with E-state index < -0.39 is 11.6 Å². The minimum absolute atomic E-state index is 0.146. The minimum Gasteiger partial charge on any atom is -0.502 e. The molecule has 0 aliphatic heterocycles. The van der Waals surface area contributed by atoms with Gasteiger partial charge in [-0.2, -0.15) is 0 Å². The molecule has 0 bridgehead atoms. The van der Waals surface area contributed by atoms with E-state index >= 15 is 0 Å². The molecule has 4 nitrogen and oxygen atoms in total. The molecule has 2 aromatic carbocycles. The Balaban J connectivity index is 1.80. The van der Waals surface area contributed by atoms with Gasteiger partial charge in [0.25, 0.3) is 0 Å². The Labute approximate surface area is 140 Å². The average Bonchev–Trinajstić information content (AvgIpc) is 2.58. The lowest BCUT2D eigenvalue weighted by Crippen LogP contribution is -2.17. The fourth-order valence-electron chi connectivity index (χ4n) is 2.84. The van der Waals surface area contributed by atoms with E-state index in [1.807, 2.05) is 25.2 Å². The normalized spacial score (nSPS) is 11.2. The number of pyridine rings is 1. The summed E-state index contributed by atoms with van der Waals surface area (Å²) in [5.41, 5.74) is 2.86. The molecular weight excluding hydrogens is 307 g/mol. The third-order valence-electron chi connectivity index (χ3n) is 3.94. The molecule has 0 saturated carbocycles. The van der Waals surface area contributed by atoms with Crippen LogP contribution < -0.4 is 4.74 Å².